The summed E-state index contributed by atoms with van der Waals surface area (Å²) in [6.45, 7) is 3.50. The Kier molecular flexibility index (Phi) is 44.2. The van der Waals surface area contributed by atoms with Crippen LogP contribution < -0.4 is 5.32 Å². The van der Waals surface area contributed by atoms with Crippen LogP contribution in [0, 0.1) is 0 Å². The van der Waals surface area contributed by atoms with E-state index in [1.807, 2.05) is 0 Å². The molecule has 400 valence electrons. The van der Waals surface area contributed by atoms with Gasteiger partial charge in [-0.1, -0.05) is 271 Å². The van der Waals surface area contributed by atoms with Gasteiger partial charge >= 0.3 is 0 Å². The topological polar surface area (TPSA) is 189 Å². The molecule has 11 heteroatoms. The lowest BCUT2D eigenvalue weighted by Crippen LogP contribution is -2.60. The number of hydrogen-bond acceptors (Lipinski definition) is 10. The normalized spacial score (nSPS) is 20.5. The summed E-state index contributed by atoms with van der Waals surface area (Å²) < 4.78 is 11.2. The fraction of sp³-hybridized carbons (Fsp3) is 0.982. The van der Waals surface area contributed by atoms with Gasteiger partial charge in [-0.2, -0.15) is 0 Å². The molecule has 1 saturated heterocycles. The zero-order valence-corrected chi connectivity index (χ0v) is 43.7. The molecule has 9 unspecified atom stereocenters. The van der Waals surface area contributed by atoms with Crippen LogP contribution in [0.4, 0.5) is 0 Å². The first-order valence-corrected chi connectivity index (χ1v) is 28.9. The number of carbonyl (C=O) groups is 1. The van der Waals surface area contributed by atoms with Crippen molar-refractivity contribution in [2.24, 2.45) is 0 Å². The molecule has 1 rings (SSSR count). The van der Waals surface area contributed by atoms with E-state index in [4.69, 9.17) is 9.47 Å². The number of nitrogens with one attached hydrogen (secondary N) is 1. The van der Waals surface area contributed by atoms with E-state index in [0.717, 1.165) is 38.5 Å². The van der Waals surface area contributed by atoms with Crippen LogP contribution in [0.15, 0.2) is 0 Å². The number of amides is 1. The molecule has 1 heterocycles. The minimum absolute atomic E-state index is 0.267. The van der Waals surface area contributed by atoms with Gasteiger partial charge in [0.05, 0.1) is 25.4 Å². The molecule has 1 aliphatic rings. The maximum absolute atomic E-state index is 13.2. The monoisotopic (exact) mass is 958 g/mol. The van der Waals surface area contributed by atoms with Gasteiger partial charge in [0, 0.05) is 0 Å². The zero-order valence-electron chi connectivity index (χ0n) is 43.7. The summed E-state index contributed by atoms with van der Waals surface area (Å²) in [6, 6.07) is -1.16. The van der Waals surface area contributed by atoms with Crippen molar-refractivity contribution in [2.45, 2.75) is 339 Å². The van der Waals surface area contributed by atoms with Crippen LogP contribution >= 0.6 is 0 Å². The fourth-order valence-electron chi connectivity index (χ4n) is 9.68. The van der Waals surface area contributed by atoms with E-state index in [9.17, 15) is 40.5 Å². The van der Waals surface area contributed by atoms with Crippen molar-refractivity contribution in [2.75, 3.05) is 13.2 Å². The molecule has 0 aromatic rings. The zero-order chi connectivity index (χ0) is 49.0. The Labute approximate surface area is 411 Å². The summed E-state index contributed by atoms with van der Waals surface area (Å²) in [5, 5.41) is 76.2. The van der Waals surface area contributed by atoms with E-state index in [1.165, 1.54) is 205 Å². The van der Waals surface area contributed by atoms with Crippen LogP contribution in [0.25, 0.3) is 0 Å². The molecule has 9 atom stereocenters. The summed E-state index contributed by atoms with van der Waals surface area (Å²) in [4.78, 5) is 13.2. The van der Waals surface area contributed by atoms with Crippen LogP contribution in [0.3, 0.4) is 0 Å². The smallest absolute Gasteiger partial charge is 0.249 e. The largest absolute Gasteiger partial charge is 0.394 e. The number of aliphatic hydroxyl groups is 7. The van der Waals surface area contributed by atoms with Gasteiger partial charge < -0.3 is 50.5 Å². The SMILES string of the molecule is CCCCCCCCCCCCCCCCCCCCCCC(O)C(=O)NC(COC1OC(CO)C(O)C(O)C1O)C(O)C(O)CCCCCCCCCCCCCCCCCCCCCC. The average molecular weight is 959 g/mol. The Hall–Kier alpha value is -0.890. The number of rotatable bonds is 50. The van der Waals surface area contributed by atoms with Crippen molar-refractivity contribution in [3.63, 3.8) is 0 Å². The molecule has 0 aromatic heterocycles. The maximum atomic E-state index is 13.2. The van der Waals surface area contributed by atoms with Gasteiger partial charge in [0.2, 0.25) is 5.91 Å². The van der Waals surface area contributed by atoms with Gasteiger partial charge in [0.25, 0.3) is 0 Å². The lowest BCUT2D eigenvalue weighted by Gasteiger charge is -2.40. The van der Waals surface area contributed by atoms with Crippen molar-refractivity contribution in [1.29, 1.82) is 0 Å². The third-order valence-corrected chi connectivity index (χ3v) is 14.4. The molecule has 0 spiro atoms. The predicted octanol–water partition coefficient (Wildman–Crippen LogP) is 11.8. The first-order valence-electron chi connectivity index (χ1n) is 28.9. The highest BCUT2D eigenvalue weighted by molar-refractivity contribution is 5.80. The van der Waals surface area contributed by atoms with Gasteiger partial charge in [-0.25, -0.2) is 0 Å². The predicted molar refractivity (Wildman–Crippen MR) is 275 cm³/mol. The van der Waals surface area contributed by atoms with E-state index < -0.39 is 74.2 Å². The van der Waals surface area contributed by atoms with Gasteiger partial charge in [0.15, 0.2) is 6.29 Å². The summed E-state index contributed by atoms with van der Waals surface area (Å²) >= 11 is 0. The minimum Gasteiger partial charge on any atom is -0.394 e. The lowest BCUT2D eigenvalue weighted by molar-refractivity contribution is -0.303. The van der Waals surface area contributed by atoms with Crippen molar-refractivity contribution in [1.82, 2.24) is 5.32 Å². The second-order valence-electron chi connectivity index (χ2n) is 20.7. The van der Waals surface area contributed by atoms with Gasteiger partial charge in [-0.3, -0.25) is 4.79 Å². The first-order chi connectivity index (χ1) is 32.7. The molecule has 0 aromatic carbocycles. The molecule has 0 saturated carbocycles. The third kappa shape index (κ3) is 35.0. The fourth-order valence-corrected chi connectivity index (χ4v) is 9.68. The Bertz CT molecular complexity index is 1050. The van der Waals surface area contributed by atoms with Crippen molar-refractivity contribution in [3.8, 4) is 0 Å². The second-order valence-corrected chi connectivity index (χ2v) is 20.7. The summed E-state index contributed by atoms with van der Waals surface area (Å²) in [5.41, 5.74) is 0. The standard InChI is InChI=1S/C56H111NO10/c1-3-5-7-9-11-13-15-17-19-21-23-25-27-29-31-33-35-37-39-41-43-48(59)51(61)47(46-66-56-54(64)53(63)52(62)50(45-58)67-56)57-55(65)49(60)44-42-40-38-36-34-32-30-28-26-24-22-20-18-16-14-12-10-8-6-4-2/h47-54,56,58-64H,3-46H2,1-2H3,(H,57,65). The molecule has 0 bridgehead atoms. The molecular formula is C56H111NO10. The Balaban J connectivity index is 2.31. The van der Waals surface area contributed by atoms with Crippen LogP contribution in [-0.4, -0.2) is 110 Å². The van der Waals surface area contributed by atoms with E-state index in [1.54, 1.807) is 0 Å². The molecule has 1 amide bonds. The van der Waals surface area contributed by atoms with E-state index in [-0.39, 0.29) is 6.42 Å². The molecule has 1 fully saturated rings. The molecular weight excluding hydrogens is 847 g/mol. The molecule has 67 heavy (non-hydrogen) atoms. The molecule has 11 nitrogen and oxygen atoms in total. The van der Waals surface area contributed by atoms with Crippen LogP contribution in [0.1, 0.15) is 284 Å². The minimum atomic E-state index is -1.66. The highest BCUT2D eigenvalue weighted by atomic mass is 16.7. The van der Waals surface area contributed by atoms with E-state index in [2.05, 4.69) is 19.2 Å². The summed E-state index contributed by atoms with van der Waals surface area (Å²) in [7, 11) is 0. The summed E-state index contributed by atoms with van der Waals surface area (Å²) in [6.07, 6.45) is 40.0. The van der Waals surface area contributed by atoms with Gasteiger partial charge in [0.1, 0.15) is 36.6 Å². The van der Waals surface area contributed by atoms with Crippen LogP contribution in [0.5, 0.6) is 0 Å². The van der Waals surface area contributed by atoms with Crippen LogP contribution in [-0.2, 0) is 14.3 Å². The molecule has 1 aliphatic heterocycles. The summed E-state index contributed by atoms with van der Waals surface area (Å²) in [5.74, 6) is -0.690. The van der Waals surface area contributed by atoms with Gasteiger partial charge in [-0.15, -0.1) is 0 Å². The quantitative estimate of drug-likeness (QED) is 0.0273. The lowest BCUT2D eigenvalue weighted by atomic mass is 9.98. The van der Waals surface area contributed by atoms with Crippen molar-refractivity contribution < 1.29 is 50.0 Å². The molecule has 0 aliphatic carbocycles. The highest BCUT2D eigenvalue weighted by Gasteiger charge is 2.44. The van der Waals surface area contributed by atoms with Crippen LogP contribution in [0.2, 0.25) is 0 Å². The number of unbranched alkanes of at least 4 members (excludes halogenated alkanes) is 38. The highest BCUT2D eigenvalue weighted by Crippen LogP contribution is 2.24. The third-order valence-electron chi connectivity index (χ3n) is 14.4. The van der Waals surface area contributed by atoms with Gasteiger partial charge in [-0.05, 0) is 12.8 Å². The van der Waals surface area contributed by atoms with E-state index in [0.29, 0.717) is 19.3 Å². The molecule has 8 N–H and O–H groups in total. The Morgan fingerprint density at radius 2 is 0.776 bits per heavy atom. The van der Waals surface area contributed by atoms with Crippen molar-refractivity contribution >= 4 is 5.91 Å². The van der Waals surface area contributed by atoms with E-state index >= 15 is 0 Å². The number of hydrogen-bond donors (Lipinski definition) is 8. The maximum Gasteiger partial charge on any atom is 0.249 e. The second kappa shape index (κ2) is 46.2. The average Bonchev–Trinajstić information content (AvgIpc) is 3.33. The first kappa shape index (κ1) is 64.1. The molecule has 0 radical (unpaired) electrons. The Morgan fingerprint density at radius 3 is 1.10 bits per heavy atom. The number of ether oxygens (including phenoxy) is 2. The number of aliphatic hydroxyl groups excluding tert-OH is 7. The van der Waals surface area contributed by atoms with Crippen molar-refractivity contribution in [3.05, 3.63) is 0 Å². The Morgan fingerprint density at radius 1 is 0.463 bits per heavy atom. The number of carbonyl (C=O) groups excluding carboxylic acids is 1.